The molecule has 1 unspecified atom stereocenters. The van der Waals surface area contributed by atoms with Gasteiger partial charge in [-0.1, -0.05) is 0 Å². The summed E-state index contributed by atoms with van der Waals surface area (Å²) in [4.78, 5) is 0. The first-order chi connectivity index (χ1) is 7.99. The molecule has 1 heterocycles. The summed E-state index contributed by atoms with van der Waals surface area (Å²) in [7, 11) is 0. The molecule has 0 saturated carbocycles. The minimum Gasteiger partial charge on any atom is -0.396 e. The average Bonchev–Trinajstić information content (AvgIpc) is 2.33. The van der Waals surface area contributed by atoms with Crippen molar-refractivity contribution in [1.29, 1.82) is 0 Å². The predicted molar refractivity (Wildman–Crippen MR) is 54.8 cm³/mol. The van der Waals surface area contributed by atoms with Crippen LogP contribution in [0.25, 0.3) is 0 Å². The van der Waals surface area contributed by atoms with Crippen molar-refractivity contribution in [3.8, 4) is 0 Å². The second-order valence-electron chi connectivity index (χ2n) is 3.52. The Labute approximate surface area is 98.3 Å². The quantitative estimate of drug-likeness (QED) is 0.271. The van der Waals surface area contributed by atoms with Gasteiger partial charge in [0.2, 0.25) is 0 Å². The van der Waals surface area contributed by atoms with Gasteiger partial charge in [0.1, 0.15) is 24.4 Å². The van der Waals surface area contributed by atoms with Crippen LogP contribution in [-0.4, -0.2) is 86.3 Å². The summed E-state index contributed by atoms with van der Waals surface area (Å²) in [6, 6.07) is 0. The van der Waals surface area contributed by atoms with Gasteiger partial charge < -0.3 is 40.5 Å². The Morgan fingerprint density at radius 3 is 1.65 bits per heavy atom. The van der Waals surface area contributed by atoms with Crippen LogP contribution >= 0.6 is 0 Å². The number of ether oxygens (including phenoxy) is 1. The maximum atomic E-state index is 9.12. The molecular weight excluding hydrogens is 236 g/mol. The van der Waals surface area contributed by atoms with E-state index in [4.69, 9.17) is 35.7 Å². The Morgan fingerprint density at radius 1 is 0.765 bits per heavy atom. The SMILES string of the molecule is OCCCO.OC[C@H]1OC(O)[C@H](O)[C@@H](O)[C@@H]1O. The molecule has 1 rings (SSSR count). The highest BCUT2D eigenvalue weighted by atomic mass is 16.6. The van der Waals surface area contributed by atoms with Gasteiger partial charge >= 0.3 is 0 Å². The number of hydrogen-bond acceptors (Lipinski definition) is 8. The molecule has 0 aromatic rings. The maximum Gasteiger partial charge on any atom is 0.184 e. The van der Waals surface area contributed by atoms with E-state index >= 15 is 0 Å². The van der Waals surface area contributed by atoms with E-state index in [2.05, 4.69) is 4.74 Å². The number of rotatable bonds is 3. The number of hydrogen-bond donors (Lipinski definition) is 7. The monoisotopic (exact) mass is 256 g/mol. The summed E-state index contributed by atoms with van der Waals surface area (Å²) in [5, 5.41) is 60.5. The van der Waals surface area contributed by atoms with Gasteiger partial charge in [-0.15, -0.1) is 0 Å². The number of aliphatic hydroxyl groups excluding tert-OH is 7. The van der Waals surface area contributed by atoms with E-state index in [0.717, 1.165) is 0 Å². The first-order valence-corrected chi connectivity index (χ1v) is 5.19. The highest BCUT2D eigenvalue weighted by molar-refractivity contribution is 4.87. The lowest BCUT2D eigenvalue weighted by molar-refractivity contribution is -0.286. The highest BCUT2D eigenvalue weighted by Crippen LogP contribution is 2.18. The van der Waals surface area contributed by atoms with Crippen molar-refractivity contribution in [3.63, 3.8) is 0 Å². The molecule has 1 aliphatic heterocycles. The summed E-state index contributed by atoms with van der Waals surface area (Å²) in [6.45, 7) is -0.338. The van der Waals surface area contributed by atoms with Gasteiger partial charge in [0.05, 0.1) is 6.61 Å². The smallest absolute Gasteiger partial charge is 0.184 e. The van der Waals surface area contributed by atoms with Gasteiger partial charge in [-0.05, 0) is 6.42 Å². The van der Waals surface area contributed by atoms with Gasteiger partial charge in [0.25, 0.3) is 0 Å². The minimum atomic E-state index is -1.57. The van der Waals surface area contributed by atoms with Crippen molar-refractivity contribution in [2.24, 2.45) is 0 Å². The third-order valence-electron chi connectivity index (χ3n) is 2.18. The first-order valence-electron chi connectivity index (χ1n) is 5.19. The summed E-state index contributed by atoms with van der Waals surface area (Å²) in [5.74, 6) is 0. The predicted octanol–water partition coefficient (Wildman–Crippen LogP) is -3.86. The lowest BCUT2D eigenvalue weighted by Crippen LogP contribution is -2.58. The molecule has 8 heteroatoms. The normalized spacial score (nSPS) is 37.2. The molecule has 104 valence electrons. The van der Waals surface area contributed by atoms with Crippen LogP contribution < -0.4 is 0 Å². The van der Waals surface area contributed by atoms with Gasteiger partial charge in [-0.25, -0.2) is 0 Å². The average molecular weight is 256 g/mol. The molecule has 0 aromatic heterocycles. The fourth-order valence-electron chi connectivity index (χ4n) is 1.15. The van der Waals surface area contributed by atoms with E-state index < -0.39 is 37.3 Å². The van der Waals surface area contributed by atoms with E-state index in [1.807, 2.05) is 0 Å². The Balaban J connectivity index is 0.000000437. The molecule has 0 aromatic carbocycles. The molecule has 5 atom stereocenters. The highest BCUT2D eigenvalue weighted by Gasteiger charge is 2.42. The molecule has 0 spiro atoms. The zero-order valence-corrected chi connectivity index (χ0v) is 9.25. The molecule has 8 nitrogen and oxygen atoms in total. The Morgan fingerprint density at radius 2 is 1.29 bits per heavy atom. The topological polar surface area (TPSA) is 151 Å². The standard InChI is InChI=1S/C6H12O6.C3H8O2/c7-1-2-3(8)4(9)5(10)6(11)12-2;4-2-1-3-5/h2-11H,1H2;4-5H,1-3H2/t2-,3-,4+,5-,6?;/m1./s1. The van der Waals surface area contributed by atoms with Crippen LogP contribution in [0.1, 0.15) is 6.42 Å². The van der Waals surface area contributed by atoms with Gasteiger partial charge in [-0.3, -0.25) is 0 Å². The molecule has 7 N–H and O–H groups in total. The Bertz CT molecular complexity index is 183. The third kappa shape index (κ3) is 5.23. The van der Waals surface area contributed by atoms with Crippen molar-refractivity contribution in [2.75, 3.05) is 19.8 Å². The molecule has 0 aliphatic carbocycles. The van der Waals surface area contributed by atoms with Crippen molar-refractivity contribution in [1.82, 2.24) is 0 Å². The maximum absolute atomic E-state index is 9.12. The second-order valence-corrected chi connectivity index (χ2v) is 3.52. The summed E-state index contributed by atoms with van der Waals surface area (Å²) < 4.78 is 4.58. The van der Waals surface area contributed by atoms with Crippen LogP contribution in [0.4, 0.5) is 0 Å². The summed E-state index contributed by atoms with van der Waals surface area (Å²) >= 11 is 0. The van der Waals surface area contributed by atoms with Crippen molar-refractivity contribution in [3.05, 3.63) is 0 Å². The van der Waals surface area contributed by atoms with E-state index in [9.17, 15) is 0 Å². The molecular formula is C9H20O8. The van der Waals surface area contributed by atoms with E-state index in [-0.39, 0.29) is 13.2 Å². The van der Waals surface area contributed by atoms with E-state index in [1.54, 1.807) is 0 Å². The third-order valence-corrected chi connectivity index (χ3v) is 2.18. The van der Waals surface area contributed by atoms with E-state index in [1.165, 1.54) is 0 Å². The van der Waals surface area contributed by atoms with Crippen molar-refractivity contribution < 1.29 is 40.5 Å². The zero-order valence-electron chi connectivity index (χ0n) is 9.25. The molecule has 1 fully saturated rings. The van der Waals surface area contributed by atoms with E-state index in [0.29, 0.717) is 6.42 Å². The van der Waals surface area contributed by atoms with Crippen LogP contribution in [-0.2, 0) is 4.74 Å². The molecule has 0 radical (unpaired) electrons. The lowest BCUT2D eigenvalue weighted by atomic mass is 10.00. The Hall–Kier alpha value is -0.320. The first kappa shape index (κ1) is 16.7. The second kappa shape index (κ2) is 8.72. The molecule has 17 heavy (non-hydrogen) atoms. The number of aliphatic hydroxyl groups is 7. The van der Waals surface area contributed by atoms with Gasteiger partial charge in [0.15, 0.2) is 6.29 Å². The van der Waals surface area contributed by atoms with Gasteiger partial charge in [-0.2, -0.15) is 0 Å². The van der Waals surface area contributed by atoms with Gasteiger partial charge in [0, 0.05) is 13.2 Å². The zero-order chi connectivity index (χ0) is 13.4. The lowest BCUT2D eigenvalue weighted by Gasteiger charge is -2.37. The van der Waals surface area contributed by atoms with Crippen molar-refractivity contribution >= 4 is 0 Å². The van der Waals surface area contributed by atoms with Crippen LogP contribution in [0.2, 0.25) is 0 Å². The largest absolute Gasteiger partial charge is 0.396 e. The van der Waals surface area contributed by atoms with Crippen LogP contribution in [0.3, 0.4) is 0 Å². The fourth-order valence-corrected chi connectivity index (χ4v) is 1.15. The summed E-state index contributed by atoms with van der Waals surface area (Å²) in [5.41, 5.74) is 0. The molecule has 1 aliphatic rings. The fraction of sp³-hybridized carbons (Fsp3) is 1.00. The Kier molecular flexibility index (Phi) is 8.56. The molecule has 0 bridgehead atoms. The van der Waals surface area contributed by atoms with Crippen LogP contribution in [0.15, 0.2) is 0 Å². The van der Waals surface area contributed by atoms with Crippen LogP contribution in [0.5, 0.6) is 0 Å². The molecule has 0 amide bonds. The summed E-state index contributed by atoms with van der Waals surface area (Å²) in [6.07, 6.45) is -6.54. The van der Waals surface area contributed by atoms with Crippen LogP contribution in [0, 0.1) is 0 Å². The molecule has 1 saturated heterocycles. The van der Waals surface area contributed by atoms with Crippen molar-refractivity contribution in [2.45, 2.75) is 37.1 Å². The minimum absolute atomic E-state index is 0.0938.